The Hall–Kier alpha value is -0.610. The Morgan fingerprint density at radius 2 is 2.33 bits per heavy atom. The van der Waals surface area contributed by atoms with Crippen molar-refractivity contribution in [2.45, 2.75) is 31.7 Å². The van der Waals surface area contributed by atoms with Gasteiger partial charge in [-0.15, -0.1) is 0 Å². The fraction of sp³-hybridized carbons (Fsp3) is 0.909. The monoisotopic (exact) mass is 213 g/mol. The minimum atomic E-state index is 0.134. The van der Waals surface area contributed by atoms with Gasteiger partial charge in [0.05, 0.1) is 0 Å². The predicted octanol–water partition coefficient (Wildman–Crippen LogP) is 0.196. The number of likely N-dealkylation sites (tertiary alicyclic amines) is 1. The van der Waals surface area contributed by atoms with Gasteiger partial charge in [0, 0.05) is 26.1 Å². The van der Waals surface area contributed by atoms with Crippen LogP contribution in [0.5, 0.6) is 0 Å². The normalized spacial score (nSPS) is 21.9. The van der Waals surface area contributed by atoms with Crippen molar-refractivity contribution >= 4 is 5.91 Å². The van der Waals surface area contributed by atoms with Crippen molar-refractivity contribution in [3.8, 4) is 0 Å². The van der Waals surface area contributed by atoms with Gasteiger partial charge in [0.1, 0.15) is 0 Å². The Bertz CT molecular complexity index is 196. The van der Waals surface area contributed by atoms with E-state index in [4.69, 9.17) is 0 Å². The minimum absolute atomic E-state index is 0.134. The molecule has 1 aliphatic heterocycles. The molecule has 1 aliphatic rings. The Labute approximate surface area is 92.4 Å². The number of carbonyl (C=O) groups excluding carboxylic acids is 1. The summed E-state index contributed by atoms with van der Waals surface area (Å²) < 4.78 is 0. The highest BCUT2D eigenvalue weighted by Crippen LogP contribution is 2.13. The molecular weight excluding hydrogens is 190 g/mol. The summed E-state index contributed by atoms with van der Waals surface area (Å²) in [5.74, 6) is 0.134. The molecular formula is C11H23N3O. The number of nitrogens with one attached hydrogen (secondary N) is 2. The molecule has 4 heteroatoms. The van der Waals surface area contributed by atoms with Gasteiger partial charge in [-0.05, 0) is 39.4 Å². The number of carbonyl (C=O) groups is 1. The van der Waals surface area contributed by atoms with Crippen LogP contribution in [0.4, 0.5) is 0 Å². The van der Waals surface area contributed by atoms with E-state index in [1.165, 1.54) is 19.4 Å². The molecule has 0 saturated carbocycles. The van der Waals surface area contributed by atoms with E-state index in [-0.39, 0.29) is 5.91 Å². The second-order valence-corrected chi connectivity index (χ2v) is 4.26. The first kappa shape index (κ1) is 12.5. The summed E-state index contributed by atoms with van der Waals surface area (Å²) in [6.45, 7) is 3.23. The lowest BCUT2D eigenvalue weighted by Gasteiger charge is -2.19. The fourth-order valence-electron chi connectivity index (χ4n) is 2.00. The number of rotatable bonds is 6. The van der Waals surface area contributed by atoms with Crippen molar-refractivity contribution in [3.05, 3.63) is 0 Å². The molecule has 1 saturated heterocycles. The van der Waals surface area contributed by atoms with Crippen LogP contribution in [0.25, 0.3) is 0 Å². The van der Waals surface area contributed by atoms with Gasteiger partial charge in [0.2, 0.25) is 5.91 Å². The van der Waals surface area contributed by atoms with Crippen LogP contribution in [0.2, 0.25) is 0 Å². The molecule has 0 aromatic heterocycles. The molecule has 1 amide bonds. The molecule has 0 aromatic rings. The molecule has 0 aromatic carbocycles. The first-order valence-electron chi connectivity index (χ1n) is 5.85. The van der Waals surface area contributed by atoms with Gasteiger partial charge in [-0.25, -0.2) is 0 Å². The first-order valence-corrected chi connectivity index (χ1v) is 5.85. The van der Waals surface area contributed by atoms with Crippen molar-refractivity contribution in [2.24, 2.45) is 0 Å². The first-order chi connectivity index (χ1) is 7.24. The lowest BCUT2D eigenvalue weighted by Crippen LogP contribution is -2.36. The van der Waals surface area contributed by atoms with E-state index >= 15 is 0 Å². The fourth-order valence-corrected chi connectivity index (χ4v) is 2.00. The maximum atomic E-state index is 10.9. The average molecular weight is 213 g/mol. The van der Waals surface area contributed by atoms with E-state index in [1.807, 2.05) is 0 Å². The third-order valence-corrected chi connectivity index (χ3v) is 3.09. The van der Waals surface area contributed by atoms with E-state index in [0.717, 1.165) is 19.5 Å². The van der Waals surface area contributed by atoms with Crippen molar-refractivity contribution in [1.29, 1.82) is 0 Å². The SMILES string of the molecule is CNC(=O)CCCNCC1CCCN1C. The molecule has 0 aliphatic carbocycles. The van der Waals surface area contributed by atoms with Crippen LogP contribution in [0.1, 0.15) is 25.7 Å². The van der Waals surface area contributed by atoms with E-state index in [9.17, 15) is 4.79 Å². The summed E-state index contributed by atoms with van der Waals surface area (Å²) in [7, 11) is 3.87. The minimum Gasteiger partial charge on any atom is -0.359 e. The zero-order valence-corrected chi connectivity index (χ0v) is 9.88. The van der Waals surface area contributed by atoms with Gasteiger partial charge in [-0.3, -0.25) is 4.79 Å². The Morgan fingerprint density at radius 1 is 1.53 bits per heavy atom. The molecule has 1 heterocycles. The maximum Gasteiger partial charge on any atom is 0.219 e. The van der Waals surface area contributed by atoms with Crippen LogP contribution in [-0.4, -0.2) is 50.6 Å². The molecule has 88 valence electrons. The molecule has 0 spiro atoms. The zero-order valence-electron chi connectivity index (χ0n) is 9.88. The summed E-state index contributed by atoms with van der Waals surface area (Å²) in [4.78, 5) is 13.3. The third-order valence-electron chi connectivity index (χ3n) is 3.09. The molecule has 1 fully saturated rings. The molecule has 0 bridgehead atoms. The molecule has 4 nitrogen and oxygen atoms in total. The lowest BCUT2D eigenvalue weighted by molar-refractivity contribution is -0.120. The summed E-state index contributed by atoms with van der Waals surface area (Å²) >= 11 is 0. The summed E-state index contributed by atoms with van der Waals surface area (Å²) in [5, 5.41) is 6.04. The van der Waals surface area contributed by atoms with E-state index < -0.39 is 0 Å². The summed E-state index contributed by atoms with van der Waals surface area (Å²) in [6, 6.07) is 0.699. The van der Waals surface area contributed by atoms with Gasteiger partial charge >= 0.3 is 0 Å². The number of amides is 1. The van der Waals surface area contributed by atoms with Gasteiger partial charge in [-0.2, -0.15) is 0 Å². The Morgan fingerprint density at radius 3 is 2.93 bits per heavy atom. The maximum absolute atomic E-state index is 10.9. The van der Waals surface area contributed by atoms with Gasteiger partial charge < -0.3 is 15.5 Å². The number of likely N-dealkylation sites (N-methyl/N-ethyl adjacent to an activating group) is 1. The lowest BCUT2D eigenvalue weighted by atomic mass is 10.2. The van der Waals surface area contributed by atoms with E-state index in [0.29, 0.717) is 12.5 Å². The smallest absolute Gasteiger partial charge is 0.219 e. The highest BCUT2D eigenvalue weighted by atomic mass is 16.1. The molecule has 0 radical (unpaired) electrons. The molecule has 2 N–H and O–H groups in total. The number of nitrogens with zero attached hydrogens (tertiary/aromatic N) is 1. The summed E-state index contributed by atoms with van der Waals surface area (Å²) in [6.07, 6.45) is 4.18. The second kappa shape index (κ2) is 6.80. The van der Waals surface area contributed by atoms with Crippen molar-refractivity contribution in [3.63, 3.8) is 0 Å². The van der Waals surface area contributed by atoms with Crippen molar-refractivity contribution in [1.82, 2.24) is 15.5 Å². The Balaban J connectivity index is 1.95. The van der Waals surface area contributed by atoms with Crippen LogP contribution in [0, 0.1) is 0 Å². The quantitative estimate of drug-likeness (QED) is 0.619. The van der Waals surface area contributed by atoms with Gasteiger partial charge in [-0.1, -0.05) is 0 Å². The van der Waals surface area contributed by atoms with E-state index in [1.54, 1.807) is 7.05 Å². The largest absolute Gasteiger partial charge is 0.359 e. The molecule has 15 heavy (non-hydrogen) atoms. The second-order valence-electron chi connectivity index (χ2n) is 4.26. The van der Waals surface area contributed by atoms with E-state index in [2.05, 4.69) is 22.6 Å². The van der Waals surface area contributed by atoms with Gasteiger partial charge in [0.15, 0.2) is 0 Å². The summed E-state index contributed by atoms with van der Waals surface area (Å²) in [5.41, 5.74) is 0. The highest BCUT2D eigenvalue weighted by Gasteiger charge is 2.19. The van der Waals surface area contributed by atoms with Crippen LogP contribution in [-0.2, 0) is 4.79 Å². The highest BCUT2D eigenvalue weighted by molar-refractivity contribution is 5.75. The topological polar surface area (TPSA) is 44.4 Å². The Kier molecular flexibility index (Phi) is 5.65. The predicted molar refractivity (Wildman–Crippen MR) is 61.8 cm³/mol. The standard InChI is InChI=1S/C11H23N3O/c1-12-11(15)6-3-7-13-9-10-5-4-8-14(10)2/h10,13H,3-9H2,1-2H3,(H,12,15). The number of hydrogen-bond donors (Lipinski definition) is 2. The molecule has 1 rings (SSSR count). The molecule has 1 atom stereocenters. The van der Waals surface area contributed by atoms with Gasteiger partial charge in [0.25, 0.3) is 0 Å². The van der Waals surface area contributed by atoms with Crippen molar-refractivity contribution < 1.29 is 4.79 Å². The van der Waals surface area contributed by atoms with Crippen LogP contribution >= 0.6 is 0 Å². The van der Waals surface area contributed by atoms with Crippen LogP contribution in [0.3, 0.4) is 0 Å². The van der Waals surface area contributed by atoms with Crippen molar-refractivity contribution in [2.75, 3.05) is 33.7 Å². The molecule has 1 unspecified atom stereocenters. The van der Waals surface area contributed by atoms with Crippen LogP contribution < -0.4 is 10.6 Å². The van der Waals surface area contributed by atoms with Crippen LogP contribution in [0.15, 0.2) is 0 Å². The third kappa shape index (κ3) is 4.62. The average Bonchev–Trinajstić information content (AvgIpc) is 2.63. The number of hydrogen-bond acceptors (Lipinski definition) is 3. The zero-order chi connectivity index (χ0) is 11.1.